The molecule has 2 rings (SSSR count). The molecule has 2 aromatic rings. The molecule has 2 aromatic carbocycles. The van der Waals surface area contributed by atoms with Gasteiger partial charge in [-0.3, -0.25) is 4.79 Å². The number of benzene rings is 2. The van der Waals surface area contributed by atoms with Crippen molar-refractivity contribution in [3.63, 3.8) is 0 Å². The summed E-state index contributed by atoms with van der Waals surface area (Å²) in [5.74, 6) is -0.0290. The monoisotopic (exact) mass is 244 g/mol. The zero-order valence-corrected chi connectivity index (χ0v) is 10.6. The van der Waals surface area contributed by atoms with E-state index in [2.05, 4.69) is 0 Å². The van der Waals surface area contributed by atoms with Crippen molar-refractivity contribution in [2.24, 2.45) is 0 Å². The maximum Gasteiger partial charge on any atom is 0.194 e. The Kier molecular flexibility index (Phi) is 3.30. The molecule has 0 fully saturated rings. The molecular formula is C15H13ClO. The van der Waals surface area contributed by atoms with Crippen molar-refractivity contribution in [1.82, 2.24) is 0 Å². The molecule has 0 aliphatic heterocycles. The molecule has 0 atom stereocenters. The summed E-state index contributed by atoms with van der Waals surface area (Å²) in [6.07, 6.45) is 0. The highest BCUT2D eigenvalue weighted by Crippen LogP contribution is 2.21. The number of halogens is 1. The third kappa shape index (κ3) is 2.56. The van der Waals surface area contributed by atoms with Gasteiger partial charge in [-0.2, -0.15) is 0 Å². The molecular weight excluding hydrogens is 232 g/mol. The number of rotatable bonds is 2. The predicted octanol–water partition coefficient (Wildman–Crippen LogP) is 4.19. The van der Waals surface area contributed by atoms with Gasteiger partial charge in [-0.1, -0.05) is 41.4 Å². The van der Waals surface area contributed by atoms with Crippen LogP contribution in [-0.4, -0.2) is 5.78 Å². The van der Waals surface area contributed by atoms with Crippen molar-refractivity contribution >= 4 is 17.4 Å². The van der Waals surface area contributed by atoms with Crippen molar-refractivity contribution < 1.29 is 4.79 Å². The van der Waals surface area contributed by atoms with E-state index in [-0.39, 0.29) is 5.78 Å². The highest BCUT2D eigenvalue weighted by Gasteiger charge is 2.12. The second-order valence-electron chi connectivity index (χ2n) is 4.18. The highest BCUT2D eigenvalue weighted by atomic mass is 35.5. The Balaban J connectivity index is 2.44. The van der Waals surface area contributed by atoms with Crippen molar-refractivity contribution in [1.29, 1.82) is 0 Å². The number of hydrogen-bond donors (Lipinski definition) is 0. The Morgan fingerprint density at radius 3 is 2.35 bits per heavy atom. The van der Waals surface area contributed by atoms with Gasteiger partial charge in [-0.15, -0.1) is 0 Å². The molecule has 0 radical (unpaired) electrons. The van der Waals surface area contributed by atoms with Crippen molar-refractivity contribution in [2.75, 3.05) is 0 Å². The Labute approximate surface area is 106 Å². The van der Waals surface area contributed by atoms with Crippen LogP contribution in [0.4, 0.5) is 0 Å². The first-order valence-electron chi connectivity index (χ1n) is 5.45. The Morgan fingerprint density at radius 1 is 1.00 bits per heavy atom. The third-order valence-electron chi connectivity index (χ3n) is 2.65. The summed E-state index contributed by atoms with van der Waals surface area (Å²) >= 11 is 6.09. The minimum atomic E-state index is -0.0290. The van der Waals surface area contributed by atoms with Crippen LogP contribution in [0.2, 0.25) is 5.02 Å². The van der Waals surface area contributed by atoms with Crippen molar-refractivity contribution in [2.45, 2.75) is 13.8 Å². The number of ketones is 1. The quantitative estimate of drug-likeness (QED) is 0.724. The minimum Gasteiger partial charge on any atom is -0.289 e. The van der Waals surface area contributed by atoms with Crippen molar-refractivity contribution in [3.8, 4) is 0 Å². The van der Waals surface area contributed by atoms with E-state index in [1.165, 1.54) is 0 Å². The van der Waals surface area contributed by atoms with Crippen LogP contribution in [0, 0.1) is 13.8 Å². The molecule has 0 unspecified atom stereocenters. The van der Waals surface area contributed by atoms with Gasteiger partial charge in [0.15, 0.2) is 5.78 Å². The van der Waals surface area contributed by atoms with E-state index in [0.29, 0.717) is 16.1 Å². The second kappa shape index (κ2) is 4.72. The molecule has 0 heterocycles. The van der Waals surface area contributed by atoms with Crippen LogP contribution in [0.3, 0.4) is 0 Å². The molecule has 0 aliphatic rings. The number of carbonyl (C=O) groups is 1. The average Bonchev–Trinajstić information content (AvgIpc) is 2.28. The molecule has 0 aromatic heterocycles. The fourth-order valence-electron chi connectivity index (χ4n) is 1.75. The van der Waals surface area contributed by atoms with Crippen LogP contribution in [0.1, 0.15) is 27.0 Å². The molecule has 0 saturated heterocycles. The fraction of sp³-hybridized carbons (Fsp3) is 0.133. The molecule has 86 valence electrons. The standard InChI is InChI=1S/C15H13ClO/c1-10-4-3-5-12(8-10)15(17)13-7-6-11(2)9-14(13)16/h3-9H,1-2H3. The van der Waals surface area contributed by atoms with Crippen LogP contribution in [0.25, 0.3) is 0 Å². The van der Waals surface area contributed by atoms with E-state index in [4.69, 9.17) is 11.6 Å². The van der Waals surface area contributed by atoms with Gasteiger partial charge in [-0.05, 0) is 37.6 Å². The Hall–Kier alpha value is -1.60. The summed E-state index contributed by atoms with van der Waals surface area (Å²) in [5.41, 5.74) is 3.36. The van der Waals surface area contributed by atoms with Gasteiger partial charge in [0, 0.05) is 11.1 Å². The average molecular weight is 245 g/mol. The third-order valence-corrected chi connectivity index (χ3v) is 2.96. The molecule has 17 heavy (non-hydrogen) atoms. The van der Waals surface area contributed by atoms with E-state index in [1.54, 1.807) is 6.07 Å². The summed E-state index contributed by atoms with van der Waals surface area (Å²) in [4.78, 5) is 12.2. The van der Waals surface area contributed by atoms with Crippen LogP contribution >= 0.6 is 11.6 Å². The zero-order valence-electron chi connectivity index (χ0n) is 9.83. The fourth-order valence-corrected chi connectivity index (χ4v) is 2.07. The zero-order chi connectivity index (χ0) is 12.4. The lowest BCUT2D eigenvalue weighted by Gasteiger charge is -2.05. The Morgan fingerprint density at radius 2 is 1.71 bits per heavy atom. The molecule has 0 saturated carbocycles. The second-order valence-corrected chi connectivity index (χ2v) is 4.59. The lowest BCUT2D eigenvalue weighted by atomic mass is 10.0. The number of carbonyl (C=O) groups excluding carboxylic acids is 1. The number of aryl methyl sites for hydroxylation is 2. The first-order chi connectivity index (χ1) is 8.08. The van der Waals surface area contributed by atoms with Gasteiger partial charge in [0.2, 0.25) is 0 Å². The van der Waals surface area contributed by atoms with E-state index >= 15 is 0 Å². The SMILES string of the molecule is Cc1cccc(C(=O)c2ccc(C)cc2Cl)c1. The lowest BCUT2D eigenvalue weighted by molar-refractivity contribution is 0.103. The predicted molar refractivity (Wildman–Crippen MR) is 70.8 cm³/mol. The summed E-state index contributed by atoms with van der Waals surface area (Å²) in [6.45, 7) is 3.92. The van der Waals surface area contributed by atoms with Gasteiger partial charge in [0.25, 0.3) is 0 Å². The van der Waals surface area contributed by atoms with Crippen LogP contribution in [-0.2, 0) is 0 Å². The van der Waals surface area contributed by atoms with Gasteiger partial charge in [-0.25, -0.2) is 0 Å². The Bertz CT molecular complexity index is 573. The van der Waals surface area contributed by atoms with E-state index in [9.17, 15) is 4.79 Å². The van der Waals surface area contributed by atoms with Crippen LogP contribution < -0.4 is 0 Å². The normalized spacial score (nSPS) is 10.3. The molecule has 0 aliphatic carbocycles. The summed E-state index contributed by atoms with van der Waals surface area (Å²) < 4.78 is 0. The van der Waals surface area contributed by atoms with E-state index in [0.717, 1.165) is 11.1 Å². The number of hydrogen-bond acceptors (Lipinski definition) is 1. The minimum absolute atomic E-state index is 0.0290. The molecule has 0 N–H and O–H groups in total. The smallest absolute Gasteiger partial charge is 0.194 e. The lowest BCUT2D eigenvalue weighted by Crippen LogP contribution is -2.02. The van der Waals surface area contributed by atoms with Crippen molar-refractivity contribution in [3.05, 3.63) is 69.7 Å². The molecule has 0 bridgehead atoms. The topological polar surface area (TPSA) is 17.1 Å². The van der Waals surface area contributed by atoms with Crippen LogP contribution in [0.15, 0.2) is 42.5 Å². The van der Waals surface area contributed by atoms with Gasteiger partial charge in [0.1, 0.15) is 0 Å². The van der Waals surface area contributed by atoms with E-state index in [1.807, 2.05) is 50.2 Å². The summed E-state index contributed by atoms with van der Waals surface area (Å²) in [5, 5.41) is 0.511. The van der Waals surface area contributed by atoms with Gasteiger partial charge < -0.3 is 0 Å². The molecule has 1 nitrogen and oxygen atoms in total. The van der Waals surface area contributed by atoms with Gasteiger partial charge in [0.05, 0.1) is 5.02 Å². The van der Waals surface area contributed by atoms with Crippen LogP contribution in [0.5, 0.6) is 0 Å². The maximum atomic E-state index is 12.2. The largest absolute Gasteiger partial charge is 0.289 e. The molecule has 2 heteroatoms. The molecule has 0 spiro atoms. The van der Waals surface area contributed by atoms with Gasteiger partial charge >= 0.3 is 0 Å². The van der Waals surface area contributed by atoms with E-state index < -0.39 is 0 Å². The first-order valence-corrected chi connectivity index (χ1v) is 5.83. The summed E-state index contributed by atoms with van der Waals surface area (Å²) in [6, 6.07) is 13.0. The maximum absolute atomic E-state index is 12.2. The highest BCUT2D eigenvalue weighted by molar-refractivity contribution is 6.35. The first kappa shape index (κ1) is 11.9. The summed E-state index contributed by atoms with van der Waals surface area (Å²) in [7, 11) is 0. The molecule has 0 amide bonds.